The van der Waals surface area contributed by atoms with Crippen molar-refractivity contribution in [1.82, 2.24) is 10.2 Å². The highest BCUT2D eigenvalue weighted by Gasteiger charge is 2.33. The van der Waals surface area contributed by atoms with E-state index >= 15 is 0 Å². The van der Waals surface area contributed by atoms with Crippen LogP contribution in [0, 0.1) is 12.8 Å². The van der Waals surface area contributed by atoms with Crippen molar-refractivity contribution in [1.29, 1.82) is 0 Å². The Morgan fingerprint density at radius 2 is 1.60 bits per heavy atom. The number of ether oxygens (including phenoxy) is 1. The molecule has 42 heavy (non-hydrogen) atoms. The van der Waals surface area contributed by atoms with E-state index in [-0.39, 0.29) is 29.0 Å². The molecular weight excluding hydrogens is 597 g/mol. The Kier molecular flexibility index (Phi) is 11.7. The number of sulfonamides is 1. The highest BCUT2D eigenvalue weighted by molar-refractivity contribution is 7.92. The van der Waals surface area contributed by atoms with Gasteiger partial charge in [-0.15, -0.1) is 0 Å². The van der Waals surface area contributed by atoms with E-state index in [1.54, 1.807) is 61.5 Å². The maximum atomic E-state index is 14.1. The summed E-state index contributed by atoms with van der Waals surface area (Å²) in [4.78, 5) is 28.9. The Morgan fingerprint density at radius 1 is 0.952 bits per heavy atom. The molecule has 0 unspecified atom stereocenters. The van der Waals surface area contributed by atoms with Gasteiger partial charge in [0.1, 0.15) is 18.3 Å². The highest BCUT2D eigenvalue weighted by atomic mass is 35.5. The van der Waals surface area contributed by atoms with Gasteiger partial charge in [-0.25, -0.2) is 8.42 Å². The van der Waals surface area contributed by atoms with Crippen LogP contribution in [0.2, 0.25) is 10.0 Å². The first-order valence-corrected chi connectivity index (χ1v) is 15.8. The third kappa shape index (κ3) is 8.40. The second-order valence-electron chi connectivity index (χ2n) is 10.4. The summed E-state index contributed by atoms with van der Waals surface area (Å²) in [6.45, 7) is 7.52. The Balaban J connectivity index is 2.06. The van der Waals surface area contributed by atoms with Crippen LogP contribution in [-0.2, 0) is 26.2 Å². The molecule has 226 valence electrons. The second kappa shape index (κ2) is 14.8. The first kappa shape index (κ1) is 33.2. The summed E-state index contributed by atoms with van der Waals surface area (Å²) in [5.41, 5.74) is 1.81. The van der Waals surface area contributed by atoms with E-state index in [9.17, 15) is 18.0 Å². The summed E-state index contributed by atoms with van der Waals surface area (Å²) in [6, 6.07) is 16.9. The lowest BCUT2D eigenvalue weighted by Crippen LogP contribution is -2.52. The van der Waals surface area contributed by atoms with Crippen LogP contribution < -0.4 is 14.4 Å². The van der Waals surface area contributed by atoms with Crippen LogP contribution in [0.15, 0.2) is 71.6 Å². The first-order valence-electron chi connectivity index (χ1n) is 13.6. The van der Waals surface area contributed by atoms with Crippen molar-refractivity contribution in [3.8, 4) is 5.75 Å². The van der Waals surface area contributed by atoms with Crippen molar-refractivity contribution >= 4 is 50.7 Å². The monoisotopic (exact) mass is 633 g/mol. The van der Waals surface area contributed by atoms with Crippen molar-refractivity contribution in [3.05, 3.63) is 87.9 Å². The maximum absolute atomic E-state index is 14.1. The van der Waals surface area contributed by atoms with Crippen LogP contribution in [0.3, 0.4) is 0 Å². The molecule has 0 aliphatic carbocycles. The molecule has 0 spiro atoms. The highest BCUT2D eigenvalue weighted by Crippen LogP contribution is 2.28. The molecule has 0 aliphatic rings. The van der Waals surface area contributed by atoms with Gasteiger partial charge in [0.2, 0.25) is 11.8 Å². The van der Waals surface area contributed by atoms with E-state index in [0.29, 0.717) is 34.3 Å². The third-order valence-electron chi connectivity index (χ3n) is 6.66. The lowest BCUT2D eigenvalue weighted by atomic mass is 10.1. The van der Waals surface area contributed by atoms with E-state index in [1.807, 2.05) is 20.8 Å². The second-order valence-corrected chi connectivity index (χ2v) is 13.0. The molecule has 3 aromatic carbocycles. The number of aryl methyl sites for hydroxylation is 1. The Labute approximate surface area is 258 Å². The molecule has 0 heterocycles. The van der Waals surface area contributed by atoms with Gasteiger partial charge in [-0.1, -0.05) is 67.7 Å². The molecule has 1 N–H and O–H groups in total. The molecule has 0 aromatic heterocycles. The number of hydrogen-bond donors (Lipinski definition) is 1. The van der Waals surface area contributed by atoms with Gasteiger partial charge in [-0.05, 0) is 73.4 Å². The molecule has 2 amide bonds. The topological polar surface area (TPSA) is 96.0 Å². The van der Waals surface area contributed by atoms with Crippen molar-refractivity contribution in [2.24, 2.45) is 5.92 Å². The van der Waals surface area contributed by atoms with Gasteiger partial charge in [-0.2, -0.15) is 0 Å². The van der Waals surface area contributed by atoms with Crippen molar-refractivity contribution in [2.75, 3.05) is 24.5 Å². The Hall–Kier alpha value is -3.27. The smallest absolute Gasteiger partial charge is 0.264 e. The molecular formula is C31H37Cl2N3O5S. The first-order chi connectivity index (χ1) is 19.9. The van der Waals surface area contributed by atoms with Gasteiger partial charge in [0.15, 0.2) is 0 Å². The van der Waals surface area contributed by atoms with E-state index in [2.05, 4.69) is 5.32 Å². The summed E-state index contributed by atoms with van der Waals surface area (Å²) in [5, 5.41) is 3.57. The predicted molar refractivity (Wildman–Crippen MR) is 168 cm³/mol. The molecule has 1 atom stereocenters. The Morgan fingerprint density at radius 3 is 2.14 bits per heavy atom. The largest absolute Gasteiger partial charge is 0.497 e. The zero-order valence-electron chi connectivity index (χ0n) is 24.4. The van der Waals surface area contributed by atoms with E-state index in [1.165, 1.54) is 24.1 Å². The molecule has 8 nitrogen and oxygen atoms in total. The molecule has 0 radical (unpaired) electrons. The van der Waals surface area contributed by atoms with Crippen molar-refractivity contribution < 1.29 is 22.7 Å². The standard InChI is InChI=1S/C31H37Cl2N3O5S/c1-6-29(31(38)34-18-21(2)3)35(19-23-9-16-27(32)28(33)17-23)30(37)20-36(24-10-12-25(41-5)13-11-24)42(39,40)26-14-7-22(4)8-15-26/h7-17,21,29H,6,18-20H2,1-5H3,(H,34,38)/t29-/m0/s1. The number of methoxy groups -OCH3 is 1. The minimum Gasteiger partial charge on any atom is -0.497 e. The van der Waals surface area contributed by atoms with Crippen LogP contribution in [0.5, 0.6) is 5.75 Å². The molecule has 11 heteroatoms. The SMILES string of the molecule is CC[C@@H](C(=O)NCC(C)C)N(Cc1ccc(Cl)c(Cl)c1)C(=O)CN(c1ccc(OC)cc1)S(=O)(=O)c1ccc(C)cc1. The number of nitrogens with zero attached hydrogens (tertiary/aromatic N) is 2. The lowest BCUT2D eigenvalue weighted by Gasteiger charge is -2.33. The fourth-order valence-corrected chi connectivity index (χ4v) is 6.03. The van der Waals surface area contributed by atoms with E-state index in [4.69, 9.17) is 27.9 Å². The fraction of sp³-hybridized carbons (Fsp3) is 0.355. The number of carbonyl (C=O) groups excluding carboxylic acids is 2. The molecule has 0 saturated carbocycles. The fourth-order valence-electron chi connectivity index (χ4n) is 4.29. The number of halogens is 2. The number of hydrogen-bond acceptors (Lipinski definition) is 5. The van der Waals surface area contributed by atoms with Crippen LogP contribution in [0.25, 0.3) is 0 Å². The number of carbonyl (C=O) groups is 2. The average molecular weight is 635 g/mol. The van der Waals surface area contributed by atoms with Crippen LogP contribution >= 0.6 is 23.2 Å². The molecule has 3 rings (SSSR count). The van der Waals surface area contributed by atoms with E-state index in [0.717, 1.165) is 9.87 Å². The molecule has 0 bridgehead atoms. The van der Waals surface area contributed by atoms with E-state index < -0.39 is 28.5 Å². The van der Waals surface area contributed by atoms with Crippen LogP contribution in [-0.4, -0.2) is 51.4 Å². The zero-order chi connectivity index (χ0) is 31.0. The predicted octanol–water partition coefficient (Wildman–Crippen LogP) is 6.09. The summed E-state index contributed by atoms with van der Waals surface area (Å²) in [6.07, 6.45) is 0.310. The summed E-state index contributed by atoms with van der Waals surface area (Å²) < 4.78 is 34.2. The van der Waals surface area contributed by atoms with Gasteiger partial charge in [0.25, 0.3) is 10.0 Å². The van der Waals surface area contributed by atoms with Gasteiger partial charge in [-0.3, -0.25) is 13.9 Å². The quantitative estimate of drug-likeness (QED) is 0.246. The molecule has 3 aromatic rings. The third-order valence-corrected chi connectivity index (χ3v) is 9.18. The van der Waals surface area contributed by atoms with Crippen LogP contribution in [0.4, 0.5) is 5.69 Å². The molecule has 0 fully saturated rings. The summed E-state index contributed by atoms with van der Waals surface area (Å²) >= 11 is 12.4. The number of amides is 2. The summed E-state index contributed by atoms with van der Waals surface area (Å²) in [5.74, 6) is -0.140. The molecule has 0 aliphatic heterocycles. The minimum atomic E-state index is -4.17. The van der Waals surface area contributed by atoms with Crippen LogP contribution in [0.1, 0.15) is 38.3 Å². The van der Waals surface area contributed by atoms with Crippen molar-refractivity contribution in [2.45, 2.75) is 51.6 Å². The van der Waals surface area contributed by atoms with Crippen molar-refractivity contribution in [3.63, 3.8) is 0 Å². The summed E-state index contributed by atoms with van der Waals surface area (Å²) in [7, 11) is -2.66. The normalized spacial score (nSPS) is 12.1. The van der Waals surface area contributed by atoms with Gasteiger partial charge in [0.05, 0.1) is 27.7 Å². The minimum absolute atomic E-state index is 0.0182. The van der Waals surface area contributed by atoms with Gasteiger partial charge >= 0.3 is 0 Å². The number of anilines is 1. The van der Waals surface area contributed by atoms with Gasteiger partial charge in [0, 0.05) is 13.1 Å². The number of nitrogens with one attached hydrogen (secondary N) is 1. The maximum Gasteiger partial charge on any atom is 0.264 e. The van der Waals surface area contributed by atoms with Gasteiger partial charge < -0.3 is 15.0 Å². The number of rotatable bonds is 13. The number of benzene rings is 3. The lowest BCUT2D eigenvalue weighted by molar-refractivity contribution is -0.140. The molecule has 0 saturated heterocycles. The Bertz CT molecular complexity index is 1480. The zero-order valence-corrected chi connectivity index (χ0v) is 26.8. The average Bonchev–Trinajstić information content (AvgIpc) is 2.96.